The van der Waals surface area contributed by atoms with Gasteiger partial charge in [-0.05, 0) is 18.9 Å². The maximum Gasteiger partial charge on any atom is 0.506 e. The standard InChI is InChI=1S/C13H13NO7/c15-12(16)21-13(4-1-8(2-5-13)14(17)18)10-7-20-11-9(10)3-6-19-11/h3,6-8H,1-2,4-5H2,(H,15,16). The van der Waals surface area contributed by atoms with Gasteiger partial charge in [0.1, 0.15) is 11.9 Å². The summed E-state index contributed by atoms with van der Waals surface area (Å²) >= 11 is 0. The van der Waals surface area contributed by atoms with Gasteiger partial charge in [-0.15, -0.1) is 0 Å². The summed E-state index contributed by atoms with van der Waals surface area (Å²) in [7, 11) is 0. The number of furan rings is 2. The van der Waals surface area contributed by atoms with Crippen molar-refractivity contribution < 1.29 is 28.4 Å². The first kappa shape index (κ1) is 13.5. The molecule has 1 aliphatic rings. The van der Waals surface area contributed by atoms with Crippen LogP contribution >= 0.6 is 0 Å². The second-order valence-corrected chi connectivity index (χ2v) is 5.15. The lowest BCUT2D eigenvalue weighted by Gasteiger charge is -2.35. The lowest BCUT2D eigenvalue weighted by Crippen LogP contribution is -2.39. The molecule has 0 saturated heterocycles. The molecule has 0 atom stereocenters. The summed E-state index contributed by atoms with van der Waals surface area (Å²) in [5, 5.41) is 20.5. The molecule has 21 heavy (non-hydrogen) atoms. The normalized spacial score (nSPS) is 25.8. The molecule has 8 nitrogen and oxygen atoms in total. The first-order valence-electron chi connectivity index (χ1n) is 6.52. The summed E-state index contributed by atoms with van der Waals surface area (Å²) in [5.74, 6) is 0.287. The first-order chi connectivity index (χ1) is 10.0. The van der Waals surface area contributed by atoms with Gasteiger partial charge in [0.15, 0.2) is 0 Å². The van der Waals surface area contributed by atoms with Gasteiger partial charge in [0.05, 0.1) is 11.6 Å². The van der Waals surface area contributed by atoms with Gasteiger partial charge in [0, 0.05) is 23.3 Å². The fourth-order valence-electron chi connectivity index (χ4n) is 2.99. The van der Waals surface area contributed by atoms with Crippen LogP contribution in [0.1, 0.15) is 31.2 Å². The third kappa shape index (κ3) is 2.22. The molecule has 0 aromatic carbocycles. The Morgan fingerprint density at radius 3 is 2.76 bits per heavy atom. The molecule has 1 fully saturated rings. The van der Waals surface area contributed by atoms with Crippen molar-refractivity contribution in [3.63, 3.8) is 0 Å². The second kappa shape index (κ2) is 4.80. The van der Waals surface area contributed by atoms with Crippen molar-refractivity contribution in [2.75, 3.05) is 0 Å². The molecule has 1 N–H and O–H groups in total. The van der Waals surface area contributed by atoms with Crippen LogP contribution in [0, 0.1) is 10.1 Å². The van der Waals surface area contributed by atoms with Crippen LogP contribution in [0.25, 0.3) is 11.2 Å². The molecule has 2 aromatic heterocycles. The maximum atomic E-state index is 11.0. The smallest absolute Gasteiger partial charge is 0.450 e. The Morgan fingerprint density at radius 2 is 2.14 bits per heavy atom. The third-order valence-electron chi connectivity index (χ3n) is 4.04. The highest BCUT2D eigenvalue weighted by molar-refractivity contribution is 5.78. The minimum absolute atomic E-state index is 0.241. The van der Waals surface area contributed by atoms with E-state index in [0.29, 0.717) is 10.9 Å². The lowest BCUT2D eigenvalue weighted by atomic mass is 9.77. The van der Waals surface area contributed by atoms with E-state index >= 15 is 0 Å². The van der Waals surface area contributed by atoms with Crippen molar-refractivity contribution in [2.45, 2.75) is 37.3 Å². The molecule has 3 rings (SSSR count). The molecule has 0 spiro atoms. The number of nitrogens with zero attached hydrogens (tertiary/aromatic N) is 1. The number of fused-ring (bicyclic) bond motifs is 1. The Balaban J connectivity index is 1.97. The monoisotopic (exact) mass is 295 g/mol. The van der Waals surface area contributed by atoms with Crippen molar-refractivity contribution in [1.29, 1.82) is 0 Å². The van der Waals surface area contributed by atoms with Crippen molar-refractivity contribution in [1.82, 2.24) is 0 Å². The number of hydrogen-bond donors (Lipinski definition) is 1. The van der Waals surface area contributed by atoms with E-state index in [1.165, 1.54) is 12.5 Å². The second-order valence-electron chi connectivity index (χ2n) is 5.15. The quantitative estimate of drug-likeness (QED) is 0.525. The number of nitro groups is 1. The molecule has 0 amide bonds. The van der Waals surface area contributed by atoms with Crippen LogP contribution in [0.4, 0.5) is 4.79 Å². The summed E-state index contributed by atoms with van der Waals surface area (Å²) < 4.78 is 15.5. The Hall–Kier alpha value is -2.51. The molecular weight excluding hydrogens is 282 g/mol. The van der Waals surface area contributed by atoms with Gasteiger partial charge >= 0.3 is 6.16 Å². The van der Waals surface area contributed by atoms with Gasteiger partial charge in [-0.25, -0.2) is 4.79 Å². The minimum atomic E-state index is -1.41. The van der Waals surface area contributed by atoms with E-state index in [0.717, 1.165) is 0 Å². The Morgan fingerprint density at radius 1 is 1.43 bits per heavy atom. The number of hydrogen-bond acceptors (Lipinski definition) is 6. The van der Waals surface area contributed by atoms with Crippen molar-refractivity contribution >= 4 is 17.3 Å². The highest BCUT2D eigenvalue weighted by Gasteiger charge is 2.45. The van der Waals surface area contributed by atoms with Crippen LogP contribution in [0.3, 0.4) is 0 Å². The molecule has 8 heteroatoms. The van der Waals surface area contributed by atoms with Crippen molar-refractivity contribution in [2.24, 2.45) is 0 Å². The summed E-state index contributed by atoms with van der Waals surface area (Å²) in [4.78, 5) is 21.6. The molecule has 0 radical (unpaired) electrons. The van der Waals surface area contributed by atoms with E-state index in [4.69, 9.17) is 18.7 Å². The molecule has 1 aliphatic carbocycles. The molecule has 112 valence electrons. The first-order valence-corrected chi connectivity index (χ1v) is 6.52. The molecule has 0 bridgehead atoms. The number of carboxylic acid groups (broad SMARTS) is 1. The average Bonchev–Trinajstić information content (AvgIpc) is 3.00. The van der Waals surface area contributed by atoms with Gasteiger partial charge in [-0.2, -0.15) is 0 Å². The highest BCUT2D eigenvalue weighted by atomic mass is 16.7. The molecule has 2 aromatic rings. The van der Waals surface area contributed by atoms with E-state index in [1.54, 1.807) is 6.07 Å². The zero-order valence-electron chi connectivity index (χ0n) is 11.0. The topological polar surface area (TPSA) is 116 Å². The zero-order chi connectivity index (χ0) is 15.0. The predicted octanol–water partition coefficient (Wildman–Crippen LogP) is 3.14. The molecule has 0 unspecified atom stereocenters. The predicted molar refractivity (Wildman–Crippen MR) is 68.5 cm³/mol. The van der Waals surface area contributed by atoms with Gasteiger partial charge in [-0.3, -0.25) is 10.1 Å². The number of rotatable bonds is 3. The molecular formula is C13H13NO7. The maximum absolute atomic E-state index is 11.0. The fraction of sp³-hybridized carbons (Fsp3) is 0.462. The van der Waals surface area contributed by atoms with E-state index in [2.05, 4.69) is 0 Å². The van der Waals surface area contributed by atoms with E-state index in [9.17, 15) is 14.9 Å². The van der Waals surface area contributed by atoms with E-state index < -0.39 is 17.8 Å². The Bertz CT molecular complexity index is 678. The van der Waals surface area contributed by atoms with Crippen molar-refractivity contribution in [3.8, 4) is 0 Å². The van der Waals surface area contributed by atoms with Crippen molar-refractivity contribution in [3.05, 3.63) is 34.3 Å². The number of ether oxygens (including phenoxy) is 1. The van der Waals surface area contributed by atoms with Gasteiger partial charge < -0.3 is 18.7 Å². The largest absolute Gasteiger partial charge is 0.506 e. The average molecular weight is 295 g/mol. The Kier molecular flexibility index (Phi) is 3.08. The Labute approximate surface area is 118 Å². The zero-order valence-corrected chi connectivity index (χ0v) is 11.0. The molecule has 1 saturated carbocycles. The lowest BCUT2D eigenvalue weighted by molar-refractivity contribution is -0.528. The summed E-state index contributed by atoms with van der Waals surface area (Å²) in [5.41, 5.74) is -0.552. The van der Waals surface area contributed by atoms with Gasteiger partial charge in [0.2, 0.25) is 6.04 Å². The fourth-order valence-corrected chi connectivity index (χ4v) is 2.99. The van der Waals surface area contributed by atoms with Crippen LogP contribution in [0.15, 0.2) is 27.4 Å². The summed E-state index contributed by atoms with van der Waals surface area (Å²) in [6, 6.07) is 1.00. The summed E-state index contributed by atoms with van der Waals surface area (Å²) in [6.45, 7) is 0. The van der Waals surface area contributed by atoms with Gasteiger partial charge in [0.25, 0.3) is 5.78 Å². The summed E-state index contributed by atoms with van der Waals surface area (Å²) in [6.07, 6.45) is 2.43. The van der Waals surface area contributed by atoms with Crippen LogP contribution in [0.2, 0.25) is 0 Å². The van der Waals surface area contributed by atoms with Crippen LogP contribution in [0.5, 0.6) is 0 Å². The minimum Gasteiger partial charge on any atom is -0.450 e. The number of carbonyl (C=O) groups is 1. The SMILES string of the molecule is O=C(O)OC1(c2coc3occc23)CCC([N+](=O)[O-])CC1. The highest BCUT2D eigenvalue weighted by Crippen LogP contribution is 2.44. The van der Waals surface area contributed by atoms with Crippen LogP contribution in [-0.2, 0) is 10.3 Å². The van der Waals surface area contributed by atoms with E-state index in [-0.39, 0.29) is 36.4 Å². The van der Waals surface area contributed by atoms with Crippen LogP contribution < -0.4 is 0 Å². The van der Waals surface area contributed by atoms with Gasteiger partial charge in [-0.1, -0.05) is 0 Å². The van der Waals surface area contributed by atoms with E-state index in [1.807, 2.05) is 0 Å². The third-order valence-corrected chi connectivity index (χ3v) is 4.04. The molecule has 0 aliphatic heterocycles. The molecule has 2 heterocycles. The van der Waals surface area contributed by atoms with Crippen LogP contribution in [-0.4, -0.2) is 22.2 Å².